The Morgan fingerprint density at radius 2 is 1.06 bits per heavy atom. The van der Waals surface area contributed by atoms with Crippen LogP contribution in [0.4, 0.5) is 0 Å². The summed E-state index contributed by atoms with van der Waals surface area (Å²) in [6.07, 6.45) is 8.97. The van der Waals surface area contributed by atoms with Crippen molar-refractivity contribution in [2.75, 3.05) is 24.4 Å². The van der Waals surface area contributed by atoms with Crippen LogP contribution in [0.15, 0.2) is 0 Å². The Morgan fingerprint density at radius 1 is 0.571 bits per heavy atom. The van der Waals surface area contributed by atoms with Crippen molar-refractivity contribution in [3.05, 3.63) is 0 Å². The van der Waals surface area contributed by atoms with Gasteiger partial charge in [0.25, 0.3) is 0 Å². The van der Waals surface area contributed by atoms with Gasteiger partial charge in [-0.15, -0.1) is 143 Å². The van der Waals surface area contributed by atoms with E-state index in [-0.39, 0.29) is 58.4 Å². The number of rotatable bonds is 10. The second-order valence-corrected chi connectivity index (χ2v) is 90.5. The van der Waals surface area contributed by atoms with Crippen LogP contribution in [-0.4, -0.2) is 63.2 Å². The van der Waals surface area contributed by atoms with Crippen LogP contribution in [0.5, 0.6) is 0 Å². The molecule has 0 nitrogen and oxygen atoms in total. The molecule has 49 heavy (non-hydrogen) atoms. The minimum absolute atomic E-state index is 0.129. The molecule has 0 saturated carbocycles. The van der Waals surface area contributed by atoms with Gasteiger partial charge in [0.15, 0.2) is 0 Å². The zero-order valence-electron chi connectivity index (χ0n) is 28.7. The highest BCUT2D eigenvalue weighted by Crippen LogP contribution is 2.90. The topological polar surface area (TPSA) is 0 Å². The Kier molecular flexibility index (Phi) is 41.6. The fourth-order valence-corrected chi connectivity index (χ4v) is 101. The molecule has 0 radical (unpaired) electrons. The monoisotopic (exact) mass is 1240 g/mol. The lowest BCUT2D eigenvalue weighted by atomic mass is 10.1. The van der Waals surface area contributed by atoms with E-state index in [1.165, 1.54) is 37.7 Å². The zero-order valence-corrected chi connectivity index (χ0v) is 61.0. The molecule has 4 aliphatic heterocycles. The van der Waals surface area contributed by atoms with Crippen molar-refractivity contribution >= 4 is 256 Å². The molecule has 4 aliphatic rings. The fourth-order valence-electron chi connectivity index (χ4n) is 5.89. The van der Waals surface area contributed by atoms with Crippen LogP contribution in [0.3, 0.4) is 0 Å². The van der Waals surface area contributed by atoms with Crippen molar-refractivity contribution in [3.63, 3.8) is 0 Å². The predicted molar refractivity (Wildman–Crippen MR) is 345 cm³/mol. The van der Waals surface area contributed by atoms with Crippen LogP contribution >= 0.6 is 256 Å². The average molecular weight is 1240 g/mol. The minimum atomic E-state index is 0.129. The molecule has 0 N–H and O–H groups in total. The second kappa shape index (κ2) is 33.7. The van der Waals surface area contributed by atoms with Crippen LogP contribution in [0.2, 0.25) is 0 Å². The maximum atomic E-state index is 3.16. The lowest BCUT2D eigenvalue weighted by Gasteiger charge is -2.30. The van der Waals surface area contributed by atoms with E-state index < -0.39 is 0 Å². The molecule has 0 aromatic heterocycles. The molecule has 0 aliphatic carbocycles. The van der Waals surface area contributed by atoms with Gasteiger partial charge in [0.2, 0.25) is 0 Å². The van der Waals surface area contributed by atoms with Crippen molar-refractivity contribution in [1.82, 2.24) is 0 Å². The predicted octanol–water partition coefficient (Wildman–Crippen LogP) is 19.5. The Hall–Kier alpha value is 13.3. The Bertz CT molecular complexity index is 850. The lowest BCUT2D eigenvalue weighted by molar-refractivity contribution is 0.589. The first-order valence-electron chi connectivity index (χ1n) is 15.3. The van der Waals surface area contributed by atoms with Crippen molar-refractivity contribution in [1.29, 1.82) is 0 Å². The minimum Gasteiger partial charge on any atom is -0.114 e. The van der Waals surface area contributed by atoms with Gasteiger partial charge in [0.05, 0.1) is 0 Å². The first-order valence-corrected chi connectivity index (χ1v) is 66.3. The van der Waals surface area contributed by atoms with Crippen molar-refractivity contribution < 1.29 is 0 Å². The highest BCUT2D eigenvalue weighted by atomic mass is 32.7. The molecule has 35 atom stereocenters. The van der Waals surface area contributed by atoms with E-state index in [2.05, 4.69) is 164 Å². The van der Waals surface area contributed by atoms with Crippen LogP contribution in [0.1, 0.15) is 40.0 Å². The smallest absolute Gasteiger partial charge is 0.0175 e. The van der Waals surface area contributed by atoms with Crippen LogP contribution < -0.4 is 0 Å². The van der Waals surface area contributed by atoms with E-state index >= 15 is 0 Å². The summed E-state index contributed by atoms with van der Waals surface area (Å²) in [6, 6.07) is 0. The highest BCUT2D eigenvalue weighted by molar-refractivity contribution is 8.73. The van der Waals surface area contributed by atoms with Crippen molar-refractivity contribution in [3.8, 4) is 0 Å². The van der Waals surface area contributed by atoms with E-state index in [9.17, 15) is 0 Å². The van der Waals surface area contributed by atoms with Gasteiger partial charge < -0.3 is 0 Å². The summed E-state index contributed by atoms with van der Waals surface area (Å²) in [4.78, 5) is 0. The molecule has 0 aromatic rings. The third kappa shape index (κ3) is 21.4. The standard InChI is InChI=1S/C6H16P4.3C4H17P9/c1-5-3-4-9(6(5)2)10(7)8;1-3-4(13(8)10-6)11(7)2-12(3)9-5;5-10-13(9)4-3(12(7)8)1-2-11(4)6;5-10-4-3(12(6)7)1-2-11(4)13(8)9/h5-6H,3-4,7-8H2,1-2H3;3-4,9-10H,2,5-8H2,1H3;2*3-4,10H,1-2,5-9H2. The van der Waals surface area contributed by atoms with E-state index in [1.807, 2.05) is 0 Å². The largest absolute Gasteiger partial charge is 0.114 e. The first-order chi connectivity index (χ1) is 22.9. The van der Waals surface area contributed by atoms with Crippen LogP contribution in [-0.2, 0) is 0 Å². The summed E-state index contributed by atoms with van der Waals surface area (Å²) >= 11 is 0. The van der Waals surface area contributed by atoms with E-state index in [1.54, 1.807) is 5.90 Å². The van der Waals surface area contributed by atoms with Gasteiger partial charge in [0.1, 0.15) is 0 Å². The first kappa shape index (κ1) is 60.3. The van der Waals surface area contributed by atoms with Gasteiger partial charge in [-0.25, -0.2) is 0 Å². The van der Waals surface area contributed by atoms with Crippen molar-refractivity contribution in [2.24, 2.45) is 5.92 Å². The summed E-state index contributed by atoms with van der Waals surface area (Å²) in [5, 5.41) is 3.15. The van der Waals surface area contributed by atoms with Gasteiger partial charge in [-0.05, 0) is 86.2 Å². The molecule has 35 unspecified atom stereocenters. The maximum Gasteiger partial charge on any atom is 0.0175 e. The SMILES string of the molecule is CC1C(P(P)PP)P(P)CP1PP.CC1CCP(P(P)P)C1C.PPC1C(P(P)P)CCP1P(P)P.PPP(P)C1C(P(P)P)CCP1P. The Morgan fingerprint density at radius 3 is 1.43 bits per heavy atom. The third-order valence-electron chi connectivity index (χ3n) is 8.96. The lowest BCUT2D eigenvalue weighted by Crippen LogP contribution is -2.07. The maximum absolute atomic E-state index is 3.16. The average Bonchev–Trinajstić information content (AvgIpc) is 3.81. The third-order valence-corrected chi connectivity index (χ3v) is 91.4. The van der Waals surface area contributed by atoms with Gasteiger partial charge in [-0.1, -0.05) is 120 Å². The molecular weight excluding hydrogens is 1180 g/mol. The molecule has 0 spiro atoms. The summed E-state index contributed by atoms with van der Waals surface area (Å²) in [5.41, 5.74) is 4.07. The zero-order chi connectivity index (χ0) is 37.7. The molecule has 4 fully saturated rings. The molecule has 31 heteroatoms. The summed E-state index contributed by atoms with van der Waals surface area (Å²) < 4.78 is 0. The molecule has 4 rings (SSSR count). The summed E-state index contributed by atoms with van der Waals surface area (Å²) in [5.74, 6) is 2.56. The molecule has 0 amide bonds. The fraction of sp³-hybridized carbons (Fsp3) is 1.00. The Balaban J connectivity index is 0.000000328. The number of hydrogen-bond acceptors (Lipinski definition) is 0. The van der Waals surface area contributed by atoms with Gasteiger partial charge in [-0.2, -0.15) is 0 Å². The molecule has 0 aromatic carbocycles. The van der Waals surface area contributed by atoms with E-state index in [0.29, 0.717) is 22.8 Å². The van der Waals surface area contributed by atoms with Crippen molar-refractivity contribution in [2.45, 2.75) is 78.9 Å². The van der Waals surface area contributed by atoms with Crippen LogP contribution in [0.25, 0.3) is 0 Å². The second-order valence-electron chi connectivity index (χ2n) is 11.9. The molecule has 4 saturated heterocycles. The normalized spacial score (nSPS) is 39.6. The van der Waals surface area contributed by atoms with Gasteiger partial charge in [0, 0.05) is 16.2 Å². The van der Waals surface area contributed by atoms with E-state index in [0.717, 1.165) is 76.9 Å². The number of hydrogen-bond donors (Lipinski definition) is 0. The Labute approximate surface area is 361 Å². The highest BCUT2D eigenvalue weighted by Gasteiger charge is 2.41. The quantitative estimate of drug-likeness (QED) is 0.191. The molecule has 294 valence electrons. The van der Waals surface area contributed by atoms with Crippen LogP contribution in [0, 0.1) is 5.92 Å². The van der Waals surface area contributed by atoms with Gasteiger partial charge in [-0.3, -0.25) is 0 Å². The summed E-state index contributed by atoms with van der Waals surface area (Å²) in [7, 11) is 55.4. The summed E-state index contributed by atoms with van der Waals surface area (Å²) in [6.45, 7) is 7.76. The molecule has 4 heterocycles. The molecular formula is C18H67P31. The van der Waals surface area contributed by atoms with Gasteiger partial charge >= 0.3 is 0 Å². The molecule has 0 bridgehead atoms. The van der Waals surface area contributed by atoms with E-state index in [4.69, 9.17) is 0 Å².